The third-order valence-electron chi connectivity index (χ3n) is 3.56. The van der Waals surface area contributed by atoms with E-state index in [9.17, 15) is 4.79 Å². The third-order valence-corrected chi connectivity index (χ3v) is 3.56. The Hall–Kier alpha value is -1.51. The minimum atomic E-state index is 0.176. The fraction of sp³-hybridized carbons (Fsp3) is 0.500. The number of aryl methyl sites for hydroxylation is 1. The zero-order valence-electron chi connectivity index (χ0n) is 10.8. The van der Waals surface area contributed by atoms with E-state index in [0.717, 1.165) is 36.2 Å². The second kappa shape index (κ2) is 4.78. The predicted octanol–water partition coefficient (Wildman–Crippen LogP) is 2.66. The summed E-state index contributed by atoms with van der Waals surface area (Å²) in [4.78, 5) is 14.4. The van der Waals surface area contributed by atoms with Gasteiger partial charge in [0.05, 0.1) is 0 Å². The van der Waals surface area contributed by atoms with Crippen molar-refractivity contribution in [3.05, 3.63) is 29.3 Å². The van der Waals surface area contributed by atoms with E-state index in [0.29, 0.717) is 6.04 Å². The van der Waals surface area contributed by atoms with Gasteiger partial charge in [0.25, 0.3) is 5.91 Å². The van der Waals surface area contributed by atoms with Gasteiger partial charge in [-0.25, -0.2) is 0 Å². The van der Waals surface area contributed by atoms with Gasteiger partial charge in [0, 0.05) is 30.9 Å². The van der Waals surface area contributed by atoms with Crippen LogP contribution in [0.25, 0.3) is 0 Å². The van der Waals surface area contributed by atoms with Crippen LogP contribution in [0.15, 0.2) is 18.2 Å². The standard InChI is InChI=1S/C14H20N2O/c1-10-9-12(15-3)6-7-13(10)14(17)16-8-4-5-11(16)2/h6-7,9,11,15H,4-5,8H2,1-3H3. The summed E-state index contributed by atoms with van der Waals surface area (Å²) in [6.07, 6.45) is 2.25. The molecule has 1 aliphatic rings. The monoisotopic (exact) mass is 232 g/mol. The molecule has 1 aromatic carbocycles. The average Bonchev–Trinajstić information content (AvgIpc) is 2.74. The number of rotatable bonds is 2. The predicted molar refractivity (Wildman–Crippen MR) is 70.5 cm³/mol. The minimum absolute atomic E-state index is 0.176. The van der Waals surface area contributed by atoms with Gasteiger partial charge in [-0.15, -0.1) is 0 Å². The summed E-state index contributed by atoms with van der Waals surface area (Å²) in [5.41, 5.74) is 2.92. The molecule has 0 radical (unpaired) electrons. The van der Waals surface area contributed by atoms with Gasteiger partial charge in [-0.2, -0.15) is 0 Å². The van der Waals surface area contributed by atoms with Crippen molar-refractivity contribution in [3.63, 3.8) is 0 Å². The Labute approximate surface area is 103 Å². The van der Waals surface area contributed by atoms with Gasteiger partial charge in [0.2, 0.25) is 0 Å². The van der Waals surface area contributed by atoms with Crippen molar-refractivity contribution < 1.29 is 4.79 Å². The number of benzene rings is 1. The number of likely N-dealkylation sites (tertiary alicyclic amines) is 1. The van der Waals surface area contributed by atoms with Gasteiger partial charge in [0.1, 0.15) is 0 Å². The van der Waals surface area contributed by atoms with Crippen molar-refractivity contribution in [3.8, 4) is 0 Å². The first-order valence-corrected chi connectivity index (χ1v) is 6.23. The highest BCUT2D eigenvalue weighted by Crippen LogP contribution is 2.22. The maximum atomic E-state index is 12.4. The normalized spacial score (nSPS) is 19.5. The zero-order chi connectivity index (χ0) is 12.4. The van der Waals surface area contributed by atoms with Crippen molar-refractivity contribution >= 4 is 11.6 Å². The van der Waals surface area contributed by atoms with Crippen LogP contribution in [0.3, 0.4) is 0 Å². The summed E-state index contributed by atoms with van der Waals surface area (Å²) in [6.45, 7) is 5.02. The van der Waals surface area contributed by atoms with Crippen LogP contribution in [-0.4, -0.2) is 30.4 Å². The quantitative estimate of drug-likeness (QED) is 0.850. The van der Waals surface area contributed by atoms with E-state index in [4.69, 9.17) is 0 Å². The van der Waals surface area contributed by atoms with E-state index in [1.54, 1.807) is 0 Å². The van der Waals surface area contributed by atoms with Gasteiger partial charge in [-0.05, 0) is 50.5 Å². The summed E-state index contributed by atoms with van der Waals surface area (Å²) >= 11 is 0. The van der Waals surface area contributed by atoms with E-state index in [1.165, 1.54) is 0 Å². The van der Waals surface area contributed by atoms with Crippen LogP contribution < -0.4 is 5.32 Å². The molecule has 3 nitrogen and oxygen atoms in total. The lowest BCUT2D eigenvalue weighted by Gasteiger charge is -2.22. The number of nitrogens with zero attached hydrogens (tertiary/aromatic N) is 1. The van der Waals surface area contributed by atoms with Crippen LogP contribution in [0, 0.1) is 6.92 Å². The number of nitrogens with one attached hydrogen (secondary N) is 1. The van der Waals surface area contributed by atoms with Gasteiger partial charge in [-0.1, -0.05) is 0 Å². The Morgan fingerprint density at radius 2 is 2.24 bits per heavy atom. The molecule has 1 saturated heterocycles. The molecule has 1 N–H and O–H groups in total. The lowest BCUT2D eigenvalue weighted by atomic mass is 10.1. The molecule has 1 aromatic rings. The molecule has 1 fully saturated rings. The molecule has 3 heteroatoms. The summed E-state index contributed by atoms with van der Waals surface area (Å²) in [6, 6.07) is 6.29. The van der Waals surface area contributed by atoms with Gasteiger partial charge < -0.3 is 10.2 Å². The van der Waals surface area contributed by atoms with Gasteiger partial charge >= 0.3 is 0 Å². The molecule has 1 atom stereocenters. The average molecular weight is 232 g/mol. The lowest BCUT2D eigenvalue weighted by molar-refractivity contribution is 0.0747. The molecular weight excluding hydrogens is 212 g/mol. The zero-order valence-corrected chi connectivity index (χ0v) is 10.8. The third kappa shape index (κ3) is 2.28. The number of amides is 1. The highest BCUT2D eigenvalue weighted by atomic mass is 16.2. The minimum Gasteiger partial charge on any atom is -0.388 e. The molecule has 0 spiro atoms. The second-order valence-corrected chi connectivity index (χ2v) is 4.77. The van der Waals surface area contributed by atoms with Crippen LogP contribution in [-0.2, 0) is 0 Å². The highest BCUT2D eigenvalue weighted by Gasteiger charge is 2.26. The molecule has 1 heterocycles. The van der Waals surface area contributed by atoms with E-state index < -0.39 is 0 Å². The van der Waals surface area contributed by atoms with Crippen molar-refractivity contribution in [2.75, 3.05) is 18.9 Å². The molecule has 0 aromatic heterocycles. The summed E-state index contributed by atoms with van der Waals surface area (Å²) in [5.74, 6) is 0.176. The summed E-state index contributed by atoms with van der Waals surface area (Å²) in [5, 5.41) is 3.09. The number of hydrogen-bond acceptors (Lipinski definition) is 2. The topological polar surface area (TPSA) is 32.3 Å². The van der Waals surface area contributed by atoms with Gasteiger partial charge in [0.15, 0.2) is 0 Å². The summed E-state index contributed by atoms with van der Waals surface area (Å²) < 4.78 is 0. The van der Waals surface area contributed by atoms with E-state index >= 15 is 0 Å². The van der Waals surface area contributed by atoms with Gasteiger partial charge in [-0.3, -0.25) is 4.79 Å². The molecule has 1 amide bonds. The van der Waals surface area contributed by atoms with Crippen LogP contribution in [0.1, 0.15) is 35.7 Å². The Balaban J connectivity index is 2.25. The van der Waals surface area contributed by atoms with Crippen LogP contribution in [0.5, 0.6) is 0 Å². The fourth-order valence-electron chi connectivity index (χ4n) is 2.45. The Kier molecular flexibility index (Phi) is 3.36. The van der Waals surface area contributed by atoms with E-state index in [2.05, 4.69) is 12.2 Å². The van der Waals surface area contributed by atoms with Crippen molar-refractivity contribution in [1.29, 1.82) is 0 Å². The second-order valence-electron chi connectivity index (χ2n) is 4.77. The Morgan fingerprint density at radius 3 is 2.76 bits per heavy atom. The molecule has 2 rings (SSSR count). The number of anilines is 1. The molecule has 92 valence electrons. The first-order chi connectivity index (χ1) is 8.13. The number of carbonyl (C=O) groups excluding carboxylic acids is 1. The fourth-order valence-corrected chi connectivity index (χ4v) is 2.45. The number of hydrogen-bond donors (Lipinski definition) is 1. The van der Waals surface area contributed by atoms with Crippen molar-refractivity contribution in [2.24, 2.45) is 0 Å². The Bertz CT molecular complexity index is 428. The van der Waals surface area contributed by atoms with E-state index in [1.807, 2.05) is 37.1 Å². The molecule has 17 heavy (non-hydrogen) atoms. The van der Waals surface area contributed by atoms with Crippen molar-refractivity contribution in [2.45, 2.75) is 32.7 Å². The Morgan fingerprint density at radius 1 is 1.47 bits per heavy atom. The maximum Gasteiger partial charge on any atom is 0.254 e. The van der Waals surface area contributed by atoms with Crippen LogP contribution in [0.2, 0.25) is 0 Å². The maximum absolute atomic E-state index is 12.4. The molecule has 0 saturated carbocycles. The molecule has 0 bridgehead atoms. The molecule has 1 aliphatic heterocycles. The first kappa shape index (κ1) is 12.0. The number of carbonyl (C=O) groups is 1. The van der Waals surface area contributed by atoms with Crippen LogP contribution in [0.4, 0.5) is 5.69 Å². The summed E-state index contributed by atoms with van der Waals surface area (Å²) in [7, 11) is 1.89. The lowest BCUT2D eigenvalue weighted by Crippen LogP contribution is -2.34. The SMILES string of the molecule is CNc1ccc(C(=O)N2CCCC2C)c(C)c1. The first-order valence-electron chi connectivity index (χ1n) is 6.23. The van der Waals surface area contributed by atoms with Crippen LogP contribution >= 0.6 is 0 Å². The van der Waals surface area contributed by atoms with E-state index in [-0.39, 0.29) is 5.91 Å². The molecule has 0 aliphatic carbocycles. The molecule has 1 unspecified atom stereocenters. The highest BCUT2D eigenvalue weighted by molar-refractivity contribution is 5.96. The van der Waals surface area contributed by atoms with Crippen molar-refractivity contribution in [1.82, 2.24) is 4.90 Å². The largest absolute Gasteiger partial charge is 0.388 e. The smallest absolute Gasteiger partial charge is 0.254 e. The molecular formula is C14H20N2O.